The minimum atomic E-state index is 0.251. The maximum atomic E-state index is 5.83. The van der Waals surface area contributed by atoms with Crippen molar-refractivity contribution in [3.05, 3.63) is 43.9 Å². The fraction of sp³-hybridized carbons (Fsp3) is 0.412. The first-order chi connectivity index (χ1) is 11.0. The number of aryl methyl sites for hydroxylation is 3. The van der Waals surface area contributed by atoms with E-state index in [1.807, 2.05) is 18.4 Å². The lowest BCUT2D eigenvalue weighted by Crippen LogP contribution is -2.23. The molecule has 0 spiro atoms. The fourth-order valence-electron chi connectivity index (χ4n) is 2.60. The van der Waals surface area contributed by atoms with Crippen LogP contribution in [0.25, 0.3) is 11.5 Å². The smallest absolute Gasteiger partial charge is 0.227 e. The number of aromatic nitrogens is 2. The lowest BCUT2D eigenvalue weighted by Gasteiger charge is -2.23. The first-order valence-electron chi connectivity index (χ1n) is 7.58. The third kappa shape index (κ3) is 3.39. The molecule has 0 bridgehead atoms. The molecule has 3 aromatic rings. The zero-order valence-electron chi connectivity index (χ0n) is 14.1. The van der Waals surface area contributed by atoms with Gasteiger partial charge in [0.15, 0.2) is 0 Å². The molecule has 0 saturated carbocycles. The van der Waals surface area contributed by atoms with Crippen LogP contribution in [0.3, 0.4) is 0 Å². The molecule has 0 aliphatic rings. The molecular formula is C17H21N3OS2. The number of hydrogen-bond donors (Lipinski definition) is 0. The average molecular weight is 348 g/mol. The van der Waals surface area contributed by atoms with E-state index < -0.39 is 0 Å². The van der Waals surface area contributed by atoms with Crippen LogP contribution in [-0.4, -0.2) is 21.9 Å². The van der Waals surface area contributed by atoms with Crippen LogP contribution < -0.4 is 0 Å². The molecule has 0 unspecified atom stereocenters. The SMILES string of the molecule is Cc1nc([C@@H](C)N(C)Cc2nc(-c3ccsc3)oc2C)c(C)s1. The Hall–Kier alpha value is -1.50. The maximum absolute atomic E-state index is 5.83. The molecule has 6 heteroatoms. The summed E-state index contributed by atoms with van der Waals surface area (Å²) in [7, 11) is 2.11. The van der Waals surface area contributed by atoms with Crippen LogP contribution in [0, 0.1) is 20.8 Å². The van der Waals surface area contributed by atoms with Gasteiger partial charge in [-0.15, -0.1) is 11.3 Å². The van der Waals surface area contributed by atoms with Crippen LogP contribution in [0.15, 0.2) is 21.2 Å². The van der Waals surface area contributed by atoms with Crippen molar-refractivity contribution in [2.45, 2.75) is 40.3 Å². The first-order valence-corrected chi connectivity index (χ1v) is 9.34. The van der Waals surface area contributed by atoms with Crippen LogP contribution in [0.2, 0.25) is 0 Å². The third-order valence-electron chi connectivity index (χ3n) is 4.06. The van der Waals surface area contributed by atoms with Crippen LogP contribution in [0.1, 0.15) is 40.0 Å². The second-order valence-electron chi connectivity index (χ2n) is 5.80. The van der Waals surface area contributed by atoms with Gasteiger partial charge in [0.05, 0.1) is 22.4 Å². The topological polar surface area (TPSA) is 42.2 Å². The van der Waals surface area contributed by atoms with E-state index in [-0.39, 0.29) is 6.04 Å². The zero-order chi connectivity index (χ0) is 16.6. The number of oxazole rings is 1. The predicted octanol–water partition coefficient (Wildman–Crippen LogP) is 4.98. The van der Waals surface area contributed by atoms with Gasteiger partial charge in [-0.25, -0.2) is 9.97 Å². The van der Waals surface area contributed by atoms with Crippen molar-refractivity contribution in [1.29, 1.82) is 0 Å². The molecule has 0 fully saturated rings. The largest absolute Gasteiger partial charge is 0.441 e. The molecule has 3 aromatic heterocycles. The quantitative estimate of drug-likeness (QED) is 0.653. The van der Waals surface area contributed by atoms with Crippen LogP contribution in [-0.2, 0) is 6.54 Å². The predicted molar refractivity (Wildman–Crippen MR) is 96.0 cm³/mol. The summed E-state index contributed by atoms with van der Waals surface area (Å²) in [5.74, 6) is 1.59. The van der Waals surface area contributed by atoms with Gasteiger partial charge in [0.1, 0.15) is 5.76 Å². The lowest BCUT2D eigenvalue weighted by molar-refractivity contribution is 0.245. The molecule has 3 rings (SSSR count). The van der Waals surface area contributed by atoms with E-state index in [9.17, 15) is 0 Å². The van der Waals surface area contributed by atoms with Crippen LogP contribution >= 0.6 is 22.7 Å². The summed E-state index contributed by atoms with van der Waals surface area (Å²) in [6.07, 6.45) is 0. The summed E-state index contributed by atoms with van der Waals surface area (Å²) in [6.45, 7) is 9.12. The second-order valence-corrected chi connectivity index (χ2v) is 7.99. The van der Waals surface area contributed by atoms with E-state index >= 15 is 0 Å². The second kappa shape index (κ2) is 6.55. The van der Waals surface area contributed by atoms with E-state index in [0.717, 1.165) is 34.3 Å². The number of hydrogen-bond acceptors (Lipinski definition) is 6. The molecule has 23 heavy (non-hydrogen) atoms. The van der Waals surface area contributed by atoms with Gasteiger partial charge in [-0.2, -0.15) is 11.3 Å². The van der Waals surface area contributed by atoms with Crippen molar-refractivity contribution in [2.24, 2.45) is 0 Å². The molecular weight excluding hydrogens is 326 g/mol. The van der Waals surface area contributed by atoms with E-state index in [1.54, 1.807) is 22.7 Å². The van der Waals surface area contributed by atoms with Crippen molar-refractivity contribution >= 4 is 22.7 Å². The van der Waals surface area contributed by atoms with Crippen molar-refractivity contribution < 1.29 is 4.42 Å². The number of nitrogens with zero attached hydrogens (tertiary/aromatic N) is 3. The Kier molecular flexibility index (Phi) is 4.66. The molecule has 0 amide bonds. The van der Waals surface area contributed by atoms with E-state index in [0.29, 0.717) is 5.89 Å². The van der Waals surface area contributed by atoms with E-state index in [1.165, 1.54) is 4.88 Å². The molecule has 0 radical (unpaired) electrons. The Balaban J connectivity index is 1.77. The standard InChI is InChI=1S/C17H21N3OS2/c1-10(16-12(3)23-13(4)18-16)20(5)8-15-11(2)21-17(19-15)14-6-7-22-9-14/h6-7,9-10H,8H2,1-5H3/t10-/m1/s1. The molecule has 0 aliphatic heterocycles. The summed E-state index contributed by atoms with van der Waals surface area (Å²) in [4.78, 5) is 12.9. The zero-order valence-corrected chi connectivity index (χ0v) is 15.7. The highest BCUT2D eigenvalue weighted by Gasteiger charge is 2.20. The summed E-state index contributed by atoms with van der Waals surface area (Å²) in [5.41, 5.74) is 3.20. The lowest BCUT2D eigenvalue weighted by atomic mass is 10.2. The molecule has 3 heterocycles. The van der Waals surface area contributed by atoms with Gasteiger partial charge in [0, 0.05) is 22.4 Å². The van der Waals surface area contributed by atoms with Crippen molar-refractivity contribution in [3.63, 3.8) is 0 Å². The summed E-state index contributed by atoms with van der Waals surface area (Å²) in [5, 5.41) is 5.22. The molecule has 0 N–H and O–H groups in total. The number of thiazole rings is 1. The Labute approximate surface area is 144 Å². The fourth-order valence-corrected chi connectivity index (χ4v) is 4.14. The van der Waals surface area contributed by atoms with Crippen LogP contribution in [0.5, 0.6) is 0 Å². The summed E-state index contributed by atoms with van der Waals surface area (Å²) < 4.78 is 5.83. The van der Waals surface area contributed by atoms with Crippen molar-refractivity contribution in [2.75, 3.05) is 7.05 Å². The van der Waals surface area contributed by atoms with Crippen molar-refractivity contribution in [1.82, 2.24) is 14.9 Å². The maximum Gasteiger partial charge on any atom is 0.227 e. The van der Waals surface area contributed by atoms with Gasteiger partial charge in [0.25, 0.3) is 0 Å². The summed E-state index contributed by atoms with van der Waals surface area (Å²) >= 11 is 3.41. The van der Waals surface area contributed by atoms with Gasteiger partial charge >= 0.3 is 0 Å². The molecule has 122 valence electrons. The number of rotatable bonds is 5. The van der Waals surface area contributed by atoms with Gasteiger partial charge < -0.3 is 4.42 Å². The molecule has 0 saturated heterocycles. The average Bonchev–Trinajstić information content (AvgIpc) is 3.20. The van der Waals surface area contributed by atoms with Gasteiger partial charge in [-0.3, -0.25) is 4.90 Å². The van der Waals surface area contributed by atoms with E-state index in [2.05, 4.69) is 48.1 Å². The van der Waals surface area contributed by atoms with E-state index in [4.69, 9.17) is 4.42 Å². The third-order valence-corrected chi connectivity index (χ3v) is 5.64. The van der Waals surface area contributed by atoms with Crippen molar-refractivity contribution in [3.8, 4) is 11.5 Å². The molecule has 0 aromatic carbocycles. The Morgan fingerprint density at radius 2 is 2.04 bits per heavy atom. The highest BCUT2D eigenvalue weighted by atomic mass is 32.1. The van der Waals surface area contributed by atoms with Gasteiger partial charge in [-0.1, -0.05) is 0 Å². The highest BCUT2D eigenvalue weighted by molar-refractivity contribution is 7.11. The Morgan fingerprint density at radius 3 is 2.65 bits per heavy atom. The minimum absolute atomic E-state index is 0.251. The van der Waals surface area contributed by atoms with Gasteiger partial charge in [-0.05, 0) is 46.2 Å². The number of thiophene rings is 1. The van der Waals surface area contributed by atoms with Crippen LogP contribution in [0.4, 0.5) is 0 Å². The monoisotopic (exact) mass is 347 g/mol. The Morgan fingerprint density at radius 1 is 1.26 bits per heavy atom. The Bertz CT molecular complexity index is 789. The molecule has 0 aliphatic carbocycles. The normalized spacial score (nSPS) is 13.0. The summed E-state index contributed by atoms with van der Waals surface area (Å²) in [6, 6.07) is 2.29. The highest BCUT2D eigenvalue weighted by Crippen LogP contribution is 2.29. The molecule has 4 nitrogen and oxygen atoms in total. The first kappa shape index (κ1) is 16.4. The minimum Gasteiger partial charge on any atom is -0.441 e. The molecule has 1 atom stereocenters. The van der Waals surface area contributed by atoms with Gasteiger partial charge in [0.2, 0.25) is 5.89 Å².